The van der Waals surface area contributed by atoms with Crippen molar-refractivity contribution in [1.29, 1.82) is 5.26 Å². The Morgan fingerprint density at radius 1 is 1.24 bits per heavy atom. The molecule has 1 amide bonds. The summed E-state index contributed by atoms with van der Waals surface area (Å²) in [6.07, 6.45) is 3.79. The second-order valence-electron chi connectivity index (χ2n) is 13.3. The van der Waals surface area contributed by atoms with Crippen molar-refractivity contribution in [2.45, 2.75) is 77.6 Å². The van der Waals surface area contributed by atoms with Crippen LogP contribution in [0, 0.1) is 18.3 Å². The number of nitrogens with one attached hydrogen (secondary N) is 2. The lowest BCUT2D eigenvalue weighted by atomic mass is 9.83. The number of hydrogen-bond acceptors (Lipinski definition) is 8. The Hall–Kier alpha value is -3.75. The Morgan fingerprint density at radius 2 is 1.98 bits per heavy atom. The van der Waals surface area contributed by atoms with E-state index in [1.54, 1.807) is 10.9 Å². The van der Waals surface area contributed by atoms with E-state index >= 15 is 0 Å². The van der Waals surface area contributed by atoms with Crippen molar-refractivity contribution in [2.24, 2.45) is 0 Å². The molecule has 1 saturated heterocycles. The molecule has 0 saturated carbocycles. The number of fused-ring (bicyclic) bond motifs is 1. The number of likely N-dealkylation sites (tertiary alicyclic amines) is 1. The number of carbonyl (C=O) groups is 1. The Labute approximate surface area is 249 Å². The van der Waals surface area contributed by atoms with E-state index in [2.05, 4.69) is 73.6 Å². The predicted molar refractivity (Wildman–Crippen MR) is 167 cm³/mol. The monoisotopic (exact) mass is 586 g/mol. The van der Waals surface area contributed by atoms with Gasteiger partial charge in [-0.05, 0) is 61.7 Å². The third kappa shape index (κ3) is 5.92. The first-order valence-electron chi connectivity index (χ1n) is 14.7. The van der Waals surface area contributed by atoms with Crippen molar-refractivity contribution in [3.05, 3.63) is 47.3 Å². The first-order chi connectivity index (χ1) is 19.8. The van der Waals surface area contributed by atoms with E-state index in [1.807, 2.05) is 30.0 Å². The van der Waals surface area contributed by atoms with E-state index < -0.39 is 8.32 Å². The summed E-state index contributed by atoms with van der Waals surface area (Å²) in [4.78, 5) is 23.9. The number of hydrogen-bond donors (Lipinski definition) is 2. The van der Waals surface area contributed by atoms with Crippen LogP contribution >= 0.6 is 0 Å². The molecule has 0 bridgehead atoms. The number of anilines is 3. The average molecular weight is 587 g/mol. The minimum Gasteiger partial charge on any atom is -0.416 e. The highest BCUT2D eigenvalue weighted by atomic mass is 28.4. The van der Waals surface area contributed by atoms with Gasteiger partial charge in [0.2, 0.25) is 11.9 Å². The molecule has 5 rings (SSSR count). The standard InChI is InChI=1S/C31H42N8O2Si/c1-21-14-26(39(37-21)18-27(40)38-12-8-9-13-38)36-29-33-11-10-25(35-29)22-15-23(17-32)28-24(16-22)31(5,19-34-28)20-41-42(6,7)30(2,3)4/h10-11,14-16,34H,8-9,12-13,18-20H2,1-7H3,(H,33,35,36)/t31-/m1/s1. The van der Waals surface area contributed by atoms with Crippen LogP contribution in [0.15, 0.2) is 30.5 Å². The summed E-state index contributed by atoms with van der Waals surface area (Å²) in [5, 5.41) is 21.4. The smallest absolute Gasteiger partial charge is 0.244 e. The van der Waals surface area contributed by atoms with E-state index in [9.17, 15) is 10.1 Å². The molecule has 11 heteroatoms. The van der Waals surface area contributed by atoms with E-state index in [-0.39, 0.29) is 22.9 Å². The van der Waals surface area contributed by atoms with E-state index in [0.717, 1.165) is 48.4 Å². The molecule has 0 unspecified atom stereocenters. The molecule has 2 aliphatic heterocycles. The highest BCUT2D eigenvalue weighted by Gasteiger charge is 2.42. The third-order valence-corrected chi connectivity index (χ3v) is 13.4. The molecule has 2 N–H and O–H groups in total. The van der Waals surface area contributed by atoms with Crippen molar-refractivity contribution >= 4 is 31.7 Å². The van der Waals surface area contributed by atoms with Crippen LogP contribution in [0.4, 0.5) is 17.5 Å². The van der Waals surface area contributed by atoms with Crippen LogP contribution in [0.1, 0.15) is 57.4 Å². The van der Waals surface area contributed by atoms with Crippen molar-refractivity contribution < 1.29 is 9.22 Å². The maximum Gasteiger partial charge on any atom is 0.244 e. The fourth-order valence-corrected chi connectivity index (χ4v) is 6.38. The Bertz CT molecular complexity index is 1530. The third-order valence-electron chi connectivity index (χ3n) is 8.96. The van der Waals surface area contributed by atoms with Crippen LogP contribution in [0.25, 0.3) is 11.3 Å². The second kappa shape index (κ2) is 11.2. The van der Waals surface area contributed by atoms with E-state index in [0.29, 0.717) is 36.2 Å². The molecule has 1 aromatic carbocycles. The molecular weight excluding hydrogens is 544 g/mol. The molecule has 3 aromatic rings. The molecule has 222 valence electrons. The normalized spacial score (nSPS) is 18.5. The summed E-state index contributed by atoms with van der Waals surface area (Å²) in [5.74, 6) is 1.11. The fourth-order valence-electron chi connectivity index (χ4n) is 5.26. The lowest BCUT2D eigenvalue weighted by Crippen LogP contribution is -2.45. The summed E-state index contributed by atoms with van der Waals surface area (Å²) in [6.45, 7) is 18.4. The van der Waals surface area contributed by atoms with Crippen molar-refractivity contribution in [1.82, 2.24) is 24.6 Å². The molecule has 2 aliphatic rings. The Morgan fingerprint density at radius 3 is 2.67 bits per heavy atom. The summed E-state index contributed by atoms with van der Waals surface area (Å²) < 4.78 is 8.34. The van der Waals surface area contributed by atoms with Gasteiger partial charge >= 0.3 is 0 Å². The fraction of sp³-hybridized carbons (Fsp3) is 0.516. The first kappa shape index (κ1) is 29.7. The van der Waals surface area contributed by atoms with Crippen LogP contribution in [-0.4, -0.2) is 65.1 Å². The molecule has 2 aromatic heterocycles. The predicted octanol–water partition coefficient (Wildman–Crippen LogP) is 5.59. The van der Waals surface area contributed by atoms with Gasteiger partial charge in [-0.1, -0.05) is 27.7 Å². The number of aryl methyl sites for hydroxylation is 1. The molecular formula is C31H42N8O2Si. The Balaban J connectivity index is 1.41. The van der Waals surface area contributed by atoms with Gasteiger partial charge in [-0.2, -0.15) is 10.4 Å². The quantitative estimate of drug-likeness (QED) is 0.328. The van der Waals surface area contributed by atoms with Crippen LogP contribution in [-0.2, 0) is 21.2 Å². The maximum absolute atomic E-state index is 12.8. The van der Waals surface area contributed by atoms with E-state index in [4.69, 9.17) is 9.41 Å². The number of rotatable bonds is 8. The minimum atomic E-state index is -1.96. The first-order valence-corrected chi connectivity index (χ1v) is 17.6. The summed E-state index contributed by atoms with van der Waals surface area (Å²) in [7, 11) is -1.96. The van der Waals surface area contributed by atoms with E-state index in [1.165, 1.54) is 0 Å². The maximum atomic E-state index is 12.8. The number of carbonyl (C=O) groups excluding carboxylic acids is 1. The lowest BCUT2D eigenvalue weighted by molar-refractivity contribution is -0.130. The number of nitriles is 1. The topological polar surface area (TPSA) is 121 Å². The van der Waals surface area contributed by atoms with Crippen LogP contribution < -0.4 is 10.6 Å². The van der Waals surface area contributed by atoms with Crippen LogP contribution in [0.2, 0.25) is 18.1 Å². The van der Waals surface area contributed by atoms with Gasteiger partial charge in [0.15, 0.2) is 8.32 Å². The zero-order valence-corrected chi connectivity index (χ0v) is 26.8. The second-order valence-corrected chi connectivity index (χ2v) is 18.1. The molecule has 1 atom stereocenters. The lowest BCUT2D eigenvalue weighted by Gasteiger charge is -2.39. The van der Waals surface area contributed by atoms with Crippen molar-refractivity contribution in [3.8, 4) is 17.3 Å². The zero-order valence-electron chi connectivity index (χ0n) is 25.8. The van der Waals surface area contributed by atoms with Gasteiger partial charge in [-0.3, -0.25) is 4.79 Å². The van der Waals surface area contributed by atoms with Gasteiger partial charge in [0.05, 0.1) is 22.6 Å². The van der Waals surface area contributed by atoms with Crippen molar-refractivity contribution in [2.75, 3.05) is 36.9 Å². The van der Waals surface area contributed by atoms with Gasteiger partial charge in [0, 0.05) is 49.5 Å². The summed E-state index contributed by atoms with van der Waals surface area (Å²) in [6, 6.07) is 10.1. The largest absolute Gasteiger partial charge is 0.416 e. The Kier molecular flexibility index (Phi) is 7.89. The van der Waals surface area contributed by atoms with Gasteiger partial charge < -0.3 is 20.0 Å². The number of amides is 1. The molecule has 0 aliphatic carbocycles. The van der Waals surface area contributed by atoms with Crippen molar-refractivity contribution in [3.63, 3.8) is 0 Å². The van der Waals surface area contributed by atoms with Gasteiger partial charge in [-0.25, -0.2) is 14.6 Å². The van der Waals surface area contributed by atoms with Gasteiger partial charge in [0.1, 0.15) is 18.4 Å². The molecule has 4 heterocycles. The molecule has 1 fully saturated rings. The number of nitrogens with zero attached hydrogens (tertiary/aromatic N) is 6. The van der Waals surface area contributed by atoms with Gasteiger partial charge in [0.25, 0.3) is 0 Å². The highest BCUT2D eigenvalue weighted by molar-refractivity contribution is 6.74. The zero-order chi connectivity index (χ0) is 30.3. The molecule has 42 heavy (non-hydrogen) atoms. The van der Waals surface area contributed by atoms with Crippen LogP contribution in [0.5, 0.6) is 0 Å². The number of benzene rings is 1. The molecule has 0 spiro atoms. The summed E-state index contributed by atoms with van der Waals surface area (Å²) >= 11 is 0. The van der Waals surface area contributed by atoms with Crippen LogP contribution in [0.3, 0.4) is 0 Å². The molecule has 0 radical (unpaired) electrons. The summed E-state index contributed by atoms with van der Waals surface area (Å²) in [5.41, 5.74) is 4.57. The van der Waals surface area contributed by atoms with Gasteiger partial charge in [-0.15, -0.1) is 0 Å². The number of aromatic nitrogens is 4. The SMILES string of the molecule is Cc1cc(Nc2nccc(-c3cc(C#N)c4c(c3)[C@@](C)(CO[Si](C)(C)C(C)(C)C)CN4)n2)n(CC(=O)N2CCCC2)n1. The molecule has 10 nitrogen and oxygen atoms in total. The minimum absolute atomic E-state index is 0.0599. The highest BCUT2D eigenvalue weighted by Crippen LogP contribution is 2.44. The average Bonchev–Trinajstić information content (AvgIpc) is 3.67.